The van der Waals surface area contributed by atoms with Crippen LogP contribution in [0.2, 0.25) is 0 Å². The maximum Gasteiger partial charge on any atom is 0.329 e. The predicted molar refractivity (Wildman–Crippen MR) is 114 cm³/mol. The predicted octanol–water partition coefficient (Wildman–Crippen LogP) is 2.90. The molecule has 1 aromatic rings. The van der Waals surface area contributed by atoms with Crippen LogP contribution in [0.1, 0.15) is 57.0 Å². The molecule has 156 valence electrons. The monoisotopic (exact) mass is 408 g/mol. The smallest absolute Gasteiger partial charge is 0.329 e. The Balaban J connectivity index is 2.74. The molecule has 1 rings (SSSR count). The van der Waals surface area contributed by atoms with Crippen molar-refractivity contribution in [3.63, 3.8) is 0 Å². The molecule has 0 saturated carbocycles. The third-order valence-electron chi connectivity index (χ3n) is 4.01. The summed E-state index contributed by atoms with van der Waals surface area (Å²) in [5.41, 5.74) is 1.60. The first-order valence-corrected chi connectivity index (χ1v) is 10.8. The van der Waals surface area contributed by atoms with E-state index in [4.69, 9.17) is 4.74 Å². The van der Waals surface area contributed by atoms with Gasteiger partial charge in [-0.1, -0.05) is 32.9 Å². The quantitative estimate of drug-likeness (QED) is 0.614. The third kappa shape index (κ3) is 8.33. The van der Waals surface area contributed by atoms with Gasteiger partial charge in [0.2, 0.25) is 0 Å². The van der Waals surface area contributed by atoms with Crippen LogP contribution in [0.15, 0.2) is 24.3 Å². The van der Waals surface area contributed by atoms with Crippen LogP contribution in [0.3, 0.4) is 0 Å². The van der Waals surface area contributed by atoms with Gasteiger partial charge in [-0.2, -0.15) is 11.8 Å². The van der Waals surface area contributed by atoms with Gasteiger partial charge in [-0.05, 0) is 55.4 Å². The number of benzene rings is 1. The molecule has 7 heteroatoms. The Bertz CT molecular complexity index is 666. The first-order chi connectivity index (χ1) is 13.0. The van der Waals surface area contributed by atoms with Crippen LogP contribution in [0.4, 0.5) is 0 Å². The number of rotatable bonds is 9. The van der Waals surface area contributed by atoms with Crippen LogP contribution in [-0.4, -0.2) is 48.5 Å². The molecule has 0 saturated heterocycles. The Morgan fingerprint density at radius 1 is 1.07 bits per heavy atom. The first-order valence-electron chi connectivity index (χ1n) is 9.41. The lowest BCUT2D eigenvalue weighted by Gasteiger charge is -2.20. The number of ether oxygens (including phenoxy) is 1. The van der Waals surface area contributed by atoms with Crippen LogP contribution in [0, 0.1) is 0 Å². The van der Waals surface area contributed by atoms with Crippen molar-refractivity contribution in [1.29, 1.82) is 0 Å². The summed E-state index contributed by atoms with van der Waals surface area (Å²) in [6.45, 7) is 9.60. The molecule has 0 spiro atoms. The zero-order chi connectivity index (χ0) is 21.3. The number of hydrogen-bond acceptors (Lipinski definition) is 5. The van der Waals surface area contributed by atoms with Gasteiger partial charge in [0.05, 0.1) is 0 Å². The summed E-state index contributed by atoms with van der Waals surface area (Å²) in [6, 6.07) is 6.51. The van der Waals surface area contributed by atoms with E-state index in [9.17, 15) is 14.4 Å². The van der Waals surface area contributed by atoms with Crippen LogP contribution in [0.25, 0.3) is 0 Å². The molecule has 2 amide bonds. The average molecular weight is 409 g/mol. The summed E-state index contributed by atoms with van der Waals surface area (Å²) in [6.07, 6.45) is 2.35. The number of hydrogen-bond donors (Lipinski definition) is 2. The molecule has 0 aliphatic carbocycles. The van der Waals surface area contributed by atoms with Crippen molar-refractivity contribution in [1.82, 2.24) is 10.6 Å². The Morgan fingerprint density at radius 3 is 2.18 bits per heavy atom. The zero-order valence-electron chi connectivity index (χ0n) is 17.6. The van der Waals surface area contributed by atoms with E-state index < -0.39 is 12.0 Å². The molecular formula is C21H32N2O4S. The van der Waals surface area contributed by atoms with E-state index >= 15 is 0 Å². The van der Waals surface area contributed by atoms with Gasteiger partial charge in [-0.25, -0.2) is 4.79 Å². The van der Waals surface area contributed by atoms with Crippen molar-refractivity contribution >= 4 is 29.5 Å². The van der Waals surface area contributed by atoms with Gasteiger partial charge in [0.25, 0.3) is 11.8 Å². The summed E-state index contributed by atoms with van der Waals surface area (Å²) in [7, 11) is 0. The van der Waals surface area contributed by atoms with Crippen molar-refractivity contribution in [2.75, 3.05) is 18.6 Å². The molecule has 6 nitrogen and oxygen atoms in total. The Morgan fingerprint density at radius 2 is 1.68 bits per heavy atom. The second-order valence-corrected chi connectivity index (χ2v) is 8.95. The summed E-state index contributed by atoms with van der Waals surface area (Å²) in [5.74, 6) is -0.625. The van der Waals surface area contributed by atoms with Gasteiger partial charge < -0.3 is 15.4 Å². The highest BCUT2D eigenvalue weighted by molar-refractivity contribution is 7.98. The van der Waals surface area contributed by atoms with Crippen LogP contribution >= 0.6 is 11.8 Å². The van der Waals surface area contributed by atoms with E-state index in [0.29, 0.717) is 17.7 Å². The Kier molecular flexibility index (Phi) is 9.52. The van der Waals surface area contributed by atoms with Crippen molar-refractivity contribution < 1.29 is 19.1 Å². The molecule has 0 heterocycles. The maximum absolute atomic E-state index is 12.6. The number of carbonyl (C=O) groups is 3. The van der Waals surface area contributed by atoms with Gasteiger partial charge in [0, 0.05) is 11.6 Å². The molecule has 0 radical (unpaired) electrons. The summed E-state index contributed by atoms with van der Waals surface area (Å²) in [5, 5.41) is 5.39. The number of esters is 1. The molecule has 1 atom stereocenters. The Labute approximate surface area is 172 Å². The van der Waals surface area contributed by atoms with Crippen molar-refractivity contribution in [2.24, 2.45) is 0 Å². The average Bonchev–Trinajstić information content (AvgIpc) is 2.61. The molecule has 1 aromatic carbocycles. The number of carbonyl (C=O) groups excluding carboxylic acids is 3. The lowest BCUT2D eigenvalue weighted by atomic mass is 9.86. The normalized spacial score (nSPS) is 12.4. The molecule has 0 bridgehead atoms. The van der Waals surface area contributed by atoms with Gasteiger partial charge in [0.1, 0.15) is 6.04 Å². The summed E-state index contributed by atoms with van der Waals surface area (Å²) >= 11 is 1.57. The molecule has 28 heavy (non-hydrogen) atoms. The van der Waals surface area contributed by atoms with Gasteiger partial charge in [-0.15, -0.1) is 0 Å². The second kappa shape index (κ2) is 11.1. The van der Waals surface area contributed by atoms with Gasteiger partial charge >= 0.3 is 5.97 Å². The van der Waals surface area contributed by atoms with Crippen LogP contribution in [-0.2, 0) is 19.7 Å². The van der Waals surface area contributed by atoms with E-state index in [-0.39, 0.29) is 29.9 Å². The number of amides is 2. The maximum atomic E-state index is 12.6. The Hall–Kier alpha value is -2.02. The largest absolute Gasteiger partial charge is 0.454 e. The SMILES string of the molecule is CSCC[C@H](NC(=O)c1ccc(C(C)(C)C)cc1)C(=O)OCC(=O)NC(C)C. The molecule has 0 fully saturated rings. The lowest BCUT2D eigenvalue weighted by molar-refractivity contribution is -0.150. The first kappa shape index (κ1) is 24.0. The number of thioether (sulfide) groups is 1. The zero-order valence-corrected chi connectivity index (χ0v) is 18.4. The number of nitrogens with one attached hydrogen (secondary N) is 2. The van der Waals surface area contributed by atoms with E-state index in [1.165, 1.54) is 0 Å². The summed E-state index contributed by atoms with van der Waals surface area (Å²) < 4.78 is 5.09. The molecule has 0 aromatic heterocycles. The fraction of sp³-hybridized carbons (Fsp3) is 0.571. The van der Waals surface area contributed by atoms with E-state index in [1.54, 1.807) is 23.9 Å². The molecule has 0 aliphatic rings. The van der Waals surface area contributed by atoms with E-state index in [2.05, 4.69) is 31.4 Å². The van der Waals surface area contributed by atoms with Gasteiger partial charge in [0.15, 0.2) is 6.61 Å². The lowest BCUT2D eigenvalue weighted by Crippen LogP contribution is -2.43. The van der Waals surface area contributed by atoms with Crippen molar-refractivity contribution in [2.45, 2.75) is 58.5 Å². The van der Waals surface area contributed by atoms with E-state index in [0.717, 1.165) is 5.56 Å². The highest BCUT2D eigenvalue weighted by Gasteiger charge is 2.24. The van der Waals surface area contributed by atoms with E-state index in [1.807, 2.05) is 32.2 Å². The third-order valence-corrected chi connectivity index (χ3v) is 4.65. The van der Waals surface area contributed by atoms with Crippen LogP contribution < -0.4 is 10.6 Å². The van der Waals surface area contributed by atoms with Crippen LogP contribution in [0.5, 0.6) is 0 Å². The van der Waals surface area contributed by atoms with Crippen molar-refractivity contribution in [3.05, 3.63) is 35.4 Å². The van der Waals surface area contributed by atoms with Gasteiger partial charge in [-0.3, -0.25) is 9.59 Å². The second-order valence-electron chi connectivity index (χ2n) is 7.96. The standard InChI is InChI=1S/C21H32N2O4S/c1-14(2)22-18(24)13-27-20(26)17(11-12-28-6)23-19(25)15-7-9-16(10-8-15)21(3,4)5/h7-10,14,17H,11-13H2,1-6H3,(H,22,24)(H,23,25)/t17-/m0/s1. The molecule has 0 unspecified atom stereocenters. The molecule has 0 aliphatic heterocycles. The van der Waals surface area contributed by atoms with Crippen molar-refractivity contribution in [3.8, 4) is 0 Å². The fourth-order valence-electron chi connectivity index (χ4n) is 2.45. The highest BCUT2D eigenvalue weighted by atomic mass is 32.2. The molecular weight excluding hydrogens is 376 g/mol. The summed E-state index contributed by atoms with van der Waals surface area (Å²) in [4.78, 5) is 36.6. The highest BCUT2D eigenvalue weighted by Crippen LogP contribution is 2.22. The minimum Gasteiger partial charge on any atom is -0.454 e. The fourth-order valence-corrected chi connectivity index (χ4v) is 2.92. The minimum absolute atomic E-state index is 0.00371. The minimum atomic E-state index is -0.797. The molecule has 2 N–H and O–H groups in total. The topological polar surface area (TPSA) is 84.5 Å².